The molecule has 1 fully saturated rings. The van der Waals surface area contributed by atoms with Crippen LogP contribution in [0.5, 0.6) is 11.5 Å². The molecule has 1 aromatic carbocycles. The molecule has 3 aliphatic rings. The van der Waals surface area contributed by atoms with Crippen molar-refractivity contribution in [1.82, 2.24) is 10.2 Å². The second-order valence-corrected chi connectivity index (χ2v) is 9.83. The van der Waals surface area contributed by atoms with E-state index in [-0.39, 0.29) is 49.7 Å². The fourth-order valence-electron chi connectivity index (χ4n) is 4.57. The number of carbonyl (C=O) groups excluding carboxylic acids is 1. The van der Waals surface area contributed by atoms with E-state index in [1.807, 2.05) is 4.90 Å². The second-order valence-electron chi connectivity index (χ2n) is 9.40. The SMILES string of the molecule is C=C1/C=C(Cl)\C=C/CCC(C(F)(F)C(=O)N[C@H](CN2CCC2)[C@H](O)c2cc(F)c3c(c2)OCCO3)C1. The van der Waals surface area contributed by atoms with Crippen LogP contribution >= 0.6 is 11.6 Å². The quantitative estimate of drug-likeness (QED) is 0.548. The molecule has 1 amide bonds. The first-order valence-corrected chi connectivity index (χ1v) is 12.4. The van der Waals surface area contributed by atoms with Crippen LogP contribution < -0.4 is 14.8 Å². The molecule has 196 valence electrons. The minimum absolute atomic E-state index is 0.0562. The Bertz CT molecular complexity index is 1060. The zero-order chi connectivity index (χ0) is 25.9. The fourth-order valence-corrected chi connectivity index (χ4v) is 4.82. The number of nitrogens with zero attached hydrogens (tertiary/aromatic N) is 1. The number of aliphatic hydroxyl groups is 1. The summed E-state index contributed by atoms with van der Waals surface area (Å²) in [4.78, 5) is 14.9. The monoisotopic (exact) mass is 526 g/mol. The van der Waals surface area contributed by atoms with Crippen LogP contribution in [0.15, 0.2) is 47.5 Å². The van der Waals surface area contributed by atoms with Gasteiger partial charge in [0.1, 0.15) is 19.3 Å². The molecule has 3 atom stereocenters. The number of alkyl halides is 2. The summed E-state index contributed by atoms with van der Waals surface area (Å²) in [5.41, 5.74) is 0.500. The fraction of sp³-hybridized carbons (Fsp3) is 0.500. The Morgan fingerprint density at radius 3 is 2.78 bits per heavy atom. The molecule has 0 bridgehead atoms. The largest absolute Gasteiger partial charge is 0.486 e. The topological polar surface area (TPSA) is 71.0 Å². The highest BCUT2D eigenvalue weighted by Crippen LogP contribution is 2.38. The third-order valence-corrected chi connectivity index (χ3v) is 6.92. The molecule has 6 nitrogen and oxygen atoms in total. The molecule has 36 heavy (non-hydrogen) atoms. The molecule has 1 aliphatic carbocycles. The van der Waals surface area contributed by atoms with E-state index in [2.05, 4.69) is 11.9 Å². The van der Waals surface area contributed by atoms with Gasteiger partial charge in [0.15, 0.2) is 17.3 Å². The molecule has 1 aromatic rings. The maximum absolute atomic E-state index is 15.4. The van der Waals surface area contributed by atoms with Gasteiger partial charge < -0.3 is 24.8 Å². The van der Waals surface area contributed by atoms with Gasteiger partial charge in [0.05, 0.1) is 6.04 Å². The lowest BCUT2D eigenvalue weighted by Crippen LogP contribution is -2.55. The van der Waals surface area contributed by atoms with Crippen molar-refractivity contribution in [2.75, 3.05) is 32.8 Å². The van der Waals surface area contributed by atoms with Gasteiger partial charge >= 0.3 is 5.92 Å². The molecule has 0 saturated carbocycles. The highest BCUT2D eigenvalue weighted by atomic mass is 35.5. The molecule has 2 heterocycles. The first-order valence-electron chi connectivity index (χ1n) is 12.0. The van der Waals surface area contributed by atoms with Crippen molar-refractivity contribution in [1.29, 1.82) is 0 Å². The van der Waals surface area contributed by atoms with Crippen molar-refractivity contribution < 1.29 is 32.5 Å². The van der Waals surface area contributed by atoms with Gasteiger partial charge in [-0.2, -0.15) is 8.78 Å². The van der Waals surface area contributed by atoms with E-state index in [9.17, 15) is 14.3 Å². The average Bonchev–Trinajstić information content (AvgIpc) is 2.89. The number of hydrogen-bond donors (Lipinski definition) is 2. The van der Waals surface area contributed by atoms with Crippen LogP contribution in [0.4, 0.5) is 13.2 Å². The Labute approximate surface area is 213 Å². The number of fused-ring (bicyclic) bond motifs is 1. The number of amides is 1. The van der Waals surface area contributed by atoms with Crippen molar-refractivity contribution in [2.24, 2.45) is 5.92 Å². The zero-order valence-corrected chi connectivity index (χ0v) is 20.6. The molecule has 0 spiro atoms. The van der Waals surface area contributed by atoms with Gasteiger partial charge in [0.2, 0.25) is 0 Å². The number of ether oxygens (including phenoxy) is 2. The Kier molecular flexibility index (Phi) is 8.32. The summed E-state index contributed by atoms with van der Waals surface area (Å²) in [7, 11) is 0. The molecule has 2 aliphatic heterocycles. The van der Waals surface area contributed by atoms with E-state index in [4.69, 9.17) is 21.1 Å². The van der Waals surface area contributed by atoms with Crippen molar-refractivity contribution in [3.05, 3.63) is 58.9 Å². The van der Waals surface area contributed by atoms with Gasteiger partial charge in [-0.15, -0.1) is 0 Å². The summed E-state index contributed by atoms with van der Waals surface area (Å²) in [5, 5.41) is 13.8. The molecular weight excluding hydrogens is 497 g/mol. The van der Waals surface area contributed by atoms with E-state index >= 15 is 8.78 Å². The zero-order valence-electron chi connectivity index (χ0n) is 19.8. The van der Waals surface area contributed by atoms with E-state index in [0.717, 1.165) is 12.5 Å². The summed E-state index contributed by atoms with van der Waals surface area (Å²) in [5.74, 6) is -7.19. The summed E-state index contributed by atoms with van der Waals surface area (Å²) < 4.78 is 56.2. The van der Waals surface area contributed by atoms with Crippen LogP contribution in [0.25, 0.3) is 0 Å². The second kappa shape index (κ2) is 11.3. The number of halogens is 4. The maximum atomic E-state index is 15.4. The molecule has 1 unspecified atom stereocenters. The van der Waals surface area contributed by atoms with Crippen LogP contribution in [-0.2, 0) is 4.79 Å². The summed E-state index contributed by atoms with van der Waals surface area (Å²) >= 11 is 6.04. The molecule has 10 heteroatoms. The molecular formula is C26H30ClF3N2O4. The predicted molar refractivity (Wildman–Crippen MR) is 130 cm³/mol. The van der Waals surface area contributed by atoms with Crippen molar-refractivity contribution in [2.45, 2.75) is 43.8 Å². The number of likely N-dealkylation sites (tertiary alicyclic amines) is 1. The lowest BCUT2D eigenvalue weighted by Gasteiger charge is -2.37. The third kappa shape index (κ3) is 6.07. The van der Waals surface area contributed by atoms with Crippen LogP contribution in [0.2, 0.25) is 0 Å². The lowest BCUT2D eigenvalue weighted by molar-refractivity contribution is -0.156. The van der Waals surface area contributed by atoms with E-state index < -0.39 is 35.7 Å². The van der Waals surface area contributed by atoms with Crippen LogP contribution in [-0.4, -0.2) is 60.7 Å². The van der Waals surface area contributed by atoms with Gasteiger partial charge in [-0.05, 0) is 68.6 Å². The lowest BCUT2D eigenvalue weighted by atomic mass is 9.88. The van der Waals surface area contributed by atoms with Crippen LogP contribution in [0, 0.1) is 11.7 Å². The normalized spacial score (nSPS) is 24.8. The summed E-state index contributed by atoms with van der Waals surface area (Å²) in [6.07, 6.45) is 4.57. The highest BCUT2D eigenvalue weighted by molar-refractivity contribution is 6.31. The molecule has 0 radical (unpaired) electrons. The van der Waals surface area contributed by atoms with E-state index in [1.165, 1.54) is 12.1 Å². The van der Waals surface area contributed by atoms with Gasteiger partial charge in [0.25, 0.3) is 5.91 Å². The Morgan fingerprint density at radius 1 is 1.31 bits per heavy atom. The number of rotatable bonds is 7. The summed E-state index contributed by atoms with van der Waals surface area (Å²) in [6, 6.07) is 1.40. The molecule has 4 rings (SSSR count). The number of benzene rings is 1. The Hall–Kier alpha value is -2.49. The molecule has 0 aromatic heterocycles. The Balaban J connectivity index is 1.54. The first-order chi connectivity index (χ1) is 17.1. The van der Waals surface area contributed by atoms with Gasteiger partial charge in [-0.25, -0.2) is 4.39 Å². The summed E-state index contributed by atoms with van der Waals surface area (Å²) in [6.45, 7) is 5.78. The first kappa shape index (κ1) is 26.6. The number of hydrogen-bond acceptors (Lipinski definition) is 5. The molecule has 1 saturated heterocycles. The highest BCUT2D eigenvalue weighted by Gasteiger charge is 2.48. The van der Waals surface area contributed by atoms with Gasteiger partial charge in [-0.3, -0.25) is 4.79 Å². The average molecular weight is 527 g/mol. The van der Waals surface area contributed by atoms with E-state index in [1.54, 1.807) is 12.2 Å². The minimum Gasteiger partial charge on any atom is -0.486 e. The van der Waals surface area contributed by atoms with Gasteiger partial charge in [-0.1, -0.05) is 29.8 Å². The minimum atomic E-state index is -3.73. The standard InChI is InChI=1S/C26H30ClF3N2O4/c1-16-11-18(5-2-3-6-19(27)12-16)26(29,30)25(34)31-21(15-32-7-4-8-32)23(33)17-13-20(28)24-22(14-17)35-9-10-36-24/h3,6,12-14,18,21,23,33H,1-2,4-5,7-11,15H2,(H,31,34)/b6-3-,19-12+/t18?,21-,23-/m1/s1. The van der Waals surface area contributed by atoms with Crippen molar-refractivity contribution in [3.8, 4) is 11.5 Å². The van der Waals surface area contributed by atoms with Crippen molar-refractivity contribution >= 4 is 17.5 Å². The predicted octanol–water partition coefficient (Wildman–Crippen LogP) is 4.49. The third-order valence-electron chi connectivity index (χ3n) is 6.69. The number of nitrogens with one attached hydrogen (secondary N) is 1. The maximum Gasteiger partial charge on any atom is 0.327 e. The molecule has 2 N–H and O–H groups in total. The smallest absolute Gasteiger partial charge is 0.327 e. The van der Waals surface area contributed by atoms with Crippen molar-refractivity contribution in [3.63, 3.8) is 0 Å². The Morgan fingerprint density at radius 2 is 2.06 bits per heavy atom. The van der Waals surface area contributed by atoms with Crippen LogP contribution in [0.1, 0.15) is 37.4 Å². The van der Waals surface area contributed by atoms with Gasteiger partial charge in [0, 0.05) is 17.5 Å². The van der Waals surface area contributed by atoms with E-state index in [0.29, 0.717) is 30.1 Å². The number of aliphatic hydroxyl groups excluding tert-OH is 1. The van der Waals surface area contributed by atoms with Crippen LogP contribution in [0.3, 0.4) is 0 Å². The number of allylic oxidation sites excluding steroid dienone is 5. The number of carbonyl (C=O) groups is 1.